The van der Waals surface area contributed by atoms with Crippen LogP contribution in [0.1, 0.15) is 0 Å². The molecule has 0 aliphatic rings. The quantitative estimate of drug-likeness (QED) is 0.788. The van der Waals surface area contributed by atoms with Crippen LogP contribution < -0.4 is 5.32 Å². The van der Waals surface area contributed by atoms with Crippen molar-refractivity contribution in [2.24, 2.45) is 0 Å². The van der Waals surface area contributed by atoms with E-state index in [9.17, 15) is 0 Å². The van der Waals surface area contributed by atoms with Gasteiger partial charge in [0.2, 0.25) is 0 Å². The predicted octanol–water partition coefficient (Wildman–Crippen LogP) is 3.68. The normalized spacial score (nSPS) is 10.8. The molecule has 0 spiro atoms. The van der Waals surface area contributed by atoms with E-state index in [1.807, 2.05) is 6.07 Å². The Morgan fingerprint density at radius 3 is 2.58 bits per heavy atom. The molecule has 3 nitrogen and oxygen atoms in total. The largest absolute Gasteiger partial charge is 0.382 e. The third kappa shape index (κ3) is 3.93. The first kappa shape index (κ1) is 14.3. The summed E-state index contributed by atoms with van der Waals surface area (Å²) in [6, 6.07) is 12.5. The van der Waals surface area contributed by atoms with Gasteiger partial charge in [-0.1, -0.05) is 40.2 Å². The van der Waals surface area contributed by atoms with E-state index in [1.54, 1.807) is 7.11 Å². The van der Waals surface area contributed by atoms with Crippen LogP contribution in [0.3, 0.4) is 0 Å². The van der Waals surface area contributed by atoms with E-state index in [0.29, 0.717) is 19.8 Å². The van der Waals surface area contributed by atoms with Gasteiger partial charge in [-0.15, -0.1) is 0 Å². The SMILES string of the molecule is COCCOCCNc1ccc(Br)c2ccccc12. The van der Waals surface area contributed by atoms with E-state index >= 15 is 0 Å². The van der Waals surface area contributed by atoms with E-state index in [-0.39, 0.29) is 0 Å². The molecule has 19 heavy (non-hydrogen) atoms. The molecule has 2 rings (SSSR count). The van der Waals surface area contributed by atoms with Crippen LogP contribution >= 0.6 is 15.9 Å². The minimum absolute atomic E-state index is 0.638. The Balaban J connectivity index is 1.96. The van der Waals surface area contributed by atoms with Crippen molar-refractivity contribution < 1.29 is 9.47 Å². The number of rotatable bonds is 7. The predicted molar refractivity (Wildman–Crippen MR) is 82.8 cm³/mol. The zero-order valence-corrected chi connectivity index (χ0v) is 12.6. The maximum atomic E-state index is 5.43. The number of fused-ring (bicyclic) bond motifs is 1. The van der Waals surface area contributed by atoms with E-state index in [1.165, 1.54) is 10.8 Å². The summed E-state index contributed by atoms with van der Waals surface area (Å²) in [4.78, 5) is 0. The van der Waals surface area contributed by atoms with Crippen molar-refractivity contribution in [2.45, 2.75) is 0 Å². The highest BCUT2D eigenvalue weighted by Crippen LogP contribution is 2.29. The number of halogens is 1. The molecule has 0 fully saturated rings. The molecular formula is C15H18BrNO2. The Bertz CT molecular complexity index is 531. The van der Waals surface area contributed by atoms with Crippen LogP contribution in [-0.2, 0) is 9.47 Å². The number of hydrogen-bond acceptors (Lipinski definition) is 3. The average molecular weight is 324 g/mol. The van der Waals surface area contributed by atoms with E-state index in [0.717, 1.165) is 16.7 Å². The van der Waals surface area contributed by atoms with E-state index < -0.39 is 0 Å². The Morgan fingerprint density at radius 2 is 1.79 bits per heavy atom. The van der Waals surface area contributed by atoms with Crippen LogP contribution in [0.4, 0.5) is 5.69 Å². The van der Waals surface area contributed by atoms with Crippen LogP contribution in [0.25, 0.3) is 10.8 Å². The van der Waals surface area contributed by atoms with Crippen molar-refractivity contribution in [3.63, 3.8) is 0 Å². The number of anilines is 1. The van der Waals surface area contributed by atoms with Gasteiger partial charge in [0.05, 0.1) is 19.8 Å². The highest BCUT2D eigenvalue weighted by molar-refractivity contribution is 9.10. The Kier molecular flexibility index (Phi) is 5.63. The van der Waals surface area contributed by atoms with Gasteiger partial charge < -0.3 is 14.8 Å². The van der Waals surface area contributed by atoms with E-state index in [4.69, 9.17) is 9.47 Å². The van der Waals surface area contributed by atoms with Gasteiger partial charge in [-0.2, -0.15) is 0 Å². The lowest BCUT2D eigenvalue weighted by atomic mass is 10.1. The van der Waals surface area contributed by atoms with Crippen molar-refractivity contribution in [3.05, 3.63) is 40.9 Å². The Morgan fingerprint density at radius 1 is 1.00 bits per heavy atom. The van der Waals surface area contributed by atoms with Crippen LogP contribution in [0, 0.1) is 0 Å². The van der Waals surface area contributed by atoms with Gasteiger partial charge in [0.25, 0.3) is 0 Å². The lowest BCUT2D eigenvalue weighted by Gasteiger charge is -2.11. The van der Waals surface area contributed by atoms with Crippen LogP contribution in [0.15, 0.2) is 40.9 Å². The summed E-state index contributed by atoms with van der Waals surface area (Å²) < 4.78 is 11.5. The summed E-state index contributed by atoms with van der Waals surface area (Å²) in [5.74, 6) is 0. The molecule has 0 aliphatic carbocycles. The summed E-state index contributed by atoms with van der Waals surface area (Å²) in [7, 11) is 1.68. The molecule has 0 unspecified atom stereocenters. The summed E-state index contributed by atoms with van der Waals surface area (Å²) in [5, 5.41) is 5.84. The zero-order chi connectivity index (χ0) is 13.5. The summed E-state index contributed by atoms with van der Waals surface area (Å²) in [6.45, 7) is 2.74. The second-order valence-electron chi connectivity index (χ2n) is 4.17. The van der Waals surface area contributed by atoms with Gasteiger partial charge in [0.1, 0.15) is 0 Å². The van der Waals surface area contributed by atoms with Crippen molar-refractivity contribution in [1.29, 1.82) is 0 Å². The number of methoxy groups -OCH3 is 1. The first-order valence-electron chi connectivity index (χ1n) is 6.30. The lowest BCUT2D eigenvalue weighted by molar-refractivity contribution is 0.0759. The molecule has 0 atom stereocenters. The molecule has 1 N–H and O–H groups in total. The summed E-state index contributed by atoms with van der Waals surface area (Å²) >= 11 is 3.57. The first-order valence-corrected chi connectivity index (χ1v) is 7.10. The van der Waals surface area contributed by atoms with Crippen molar-refractivity contribution >= 4 is 32.4 Å². The number of ether oxygens (including phenoxy) is 2. The van der Waals surface area contributed by atoms with Gasteiger partial charge in [-0.05, 0) is 17.5 Å². The van der Waals surface area contributed by atoms with Crippen LogP contribution in [-0.4, -0.2) is 33.5 Å². The maximum Gasteiger partial charge on any atom is 0.0701 e. The Hall–Kier alpha value is -1.10. The fourth-order valence-electron chi connectivity index (χ4n) is 1.92. The van der Waals surface area contributed by atoms with Crippen LogP contribution in [0.5, 0.6) is 0 Å². The second kappa shape index (κ2) is 7.48. The molecular weight excluding hydrogens is 306 g/mol. The highest BCUT2D eigenvalue weighted by Gasteiger charge is 2.03. The molecule has 2 aromatic rings. The van der Waals surface area contributed by atoms with Gasteiger partial charge in [0, 0.05) is 29.2 Å². The molecule has 0 saturated heterocycles. The number of benzene rings is 2. The van der Waals surface area contributed by atoms with E-state index in [2.05, 4.69) is 51.6 Å². The minimum atomic E-state index is 0.638. The smallest absolute Gasteiger partial charge is 0.0701 e. The molecule has 0 amide bonds. The monoisotopic (exact) mass is 323 g/mol. The second-order valence-corrected chi connectivity index (χ2v) is 5.03. The standard InChI is InChI=1S/C15H18BrNO2/c1-18-10-11-19-9-8-17-15-7-6-14(16)12-4-2-3-5-13(12)15/h2-7,17H,8-11H2,1H3. The van der Waals surface area contributed by atoms with Gasteiger partial charge in [-0.25, -0.2) is 0 Å². The fraction of sp³-hybridized carbons (Fsp3) is 0.333. The van der Waals surface area contributed by atoms with Gasteiger partial charge >= 0.3 is 0 Å². The molecule has 102 valence electrons. The van der Waals surface area contributed by atoms with Crippen LogP contribution in [0.2, 0.25) is 0 Å². The molecule has 4 heteroatoms. The maximum absolute atomic E-state index is 5.43. The topological polar surface area (TPSA) is 30.5 Å². The average Bonchev–Trinajstić information content (AvgIpc) is 2.45. The lowest BCUT2D eigenvalue weighted by Crippen LogP contribution is -2.12. The first-order chi connectivity index (χ1) is 9.33. The molecule has 0 aliphatic heterocycles. The Labute approximate surface area is 122 Å². The van der Waals surface area contributed by atoms with Crippen molar-refractivity contribution in [2.75, 3.05) is 38.8 Å². The number of nitrogens with one attached hydrogen (secondary N) is 1. The minimum Gasteiger partial charge on any atom is -0.382 e. The van der Waals surface area contributed by atoms with Crippen molar-refractivity contribution in [3.8, 4) is 0 Å². The van der Waals surface area contributed by atoms with Crippen molar-refractivity contribution in [1.82, 2.24) is 0 Å². The van der Waals surface area contributed by atoms with Gasteiger partial charge in [-0.3, -0.25) is 0 Å². The third-order valence-corrected chi connectivity index (χ3v) is 3.56. The molecule has 0 saturated carbocycles. The molecule has 0 bridgehead atoms. The van der Waals surface area contributed by atoms with Gasteiger partial charge in [0.15, 0.2) is 0 Å². The fourth-order valence-corrected chi connectivity index (χ4v) is 2.40. The highest BCUT2D eigenvalue weighted by atomic mass is 79.9. The molecule has 2 aromatic carbocycles. The zero-order valence-electron chi connectivity index (χ0n) is 11.0. The molecule has 0 radical (unpaired) electrons. The molecule has 0 heterocycles. The summed E-state index contributed by atoms with van der Waals surface area (Å²) in [5.41, 5.74) is 1.13. The molecule has 0 aromatic heterocycles. The number of hydrogen-bond donors (Lipinski definition) is 1. The summed E-state index contributed by atoms with van der Waals surface area (Å²) in [6.07, 6.45) is 0. The third-order valence-electron chi connectivity index (χ3n) is 2.86.